The van der Waals surface area contributed by atoms with Crippen LogP contribution in [0.15, 0.2) is 52.7 Å². The first-order valence-electron chi connectivity index (χ1n) is 11.7. The molecular formula is C28H17F4NO3S3. The van der Waals surface area contributed by atoms with Crippen LogP contribution in [-0.2, 0) is 9.53 Å². The number of cyclic esters (lactones) is 1. The number of esters is 1. The molecule has 1 fully saturated rings. The van der Waals surface area contributed by atoms with Crippen LogP contribution in [0.1, 0.15) is 18.4 Å². The van der Waals surface area contributed by atoms with Crippen LogP contribution in [0.4, 0.5) is 17.6 Å². The van der Waals surface area contributed by atoms with Gasteiger partial charge in [-0.3, -0.25) is 9.78 Å². The van der Waals surface area contributed by atoms with Crippen LogP contribution >= 0.6 is 34.0 Å². The number of benzene rings is 1. The highest BCUT2D eigenvalue weighted by Crippen LogP contribution is 2.46. The van der Waals surface area contributed by atoms with Gasteiger partial charge in [-0.25, -0.2) is 17.6 Å². The van der Waals surface area contributed by atoms with Crippen molar-refractivity contribution in [3.63, 3.8) is 0 Å². The van der Waals surface area contributed by atoms with E-state index in [1.54, 1.807) is 12.2 Å². The summed E-state index contributed by atoms with van der Waals surface area (Å²) in [6.07, 6.45) is 3.40. The minimum Gasteiger partial charge on any atom is -0.458 e. The molecule has 0 saturated carbocycles. The third kappa shape index (κ3) is 5.03. The Kier molecular flexibility index (Phi) is 6.84. The standard InChI is InChI=1S/C28H17F4NO3S3/c29-14-3-21(37-10-14)25-13(1-2-18-6-17(34)7-24(35)36-18)9-33-28-19(25)8-20(32)26(22-4-15(30)11-38-22)27(28)23-5-16(31)12-39-23/h1-5,8-12,17-18,34H,6-7H2/t17-,18-/m1/s1. The van der Waals surface area contributed by atoms with E-state index in [1.807, 2.05) is 0 Å². The number of pyridine rings is 1. The predicted octanol–water partition coefficient (Wildman–Crippen LogP) is 8.06. The van der Waals surface area contributed by atoms with E-state index in [2.05, 4.69) is 4.98 Å². The van der Waals surface area contributed by atoms with Crippen molar-refractivity contribution in [2.45, 2.75) is 25.0 Å². The molecule has 5 aromatic rings. The number of hydrogen-bond acceptors (Lipinski definition) is 7. The Bertz CT molecular complexity index is 1760. The summed E-state index contributed by atoms with van der Waals surface area (Å²) >= 11 is 3.21. The Morgan fingerprint density at radius 3 is 2.03 bits per heavy atom. The number of rotatable bonds is 5. The molecule has 2 atom stereocenters. The lowest BCUT2D eigenvalue weighted by Crippen LogP contribution is -2.31. The molecule has 0 amide bonds. The third-order valence-corrected chi connectivity index (χ3v) is 9.02. The fraction of sp³-hybridized carbons (Fsp3) is 0.143. The van der Waals surface area contributed by atoms with E-state index in [4.69, 9.17) is 4.74 Å². The molecule has 5 heterocycles. The highest BCUT2D eigenvalue weighted by Gasteiger charge is 2.27. The normalized spacial score (nSPS) is 17.8. The summed E-state index contributed by atoms with van der Waals surface area (Å²) in [4.78, 5) is 17.6. The van der Waals surface area contributed by atoms with E-state index in [0.717, 1.165) is 34.0 Å². The molecule has 4 nitrogen and oxygen atoms in total. The van der Waals surface area contributed by atoms with Gasteiger partial charge in [0.1, 0.15) is 29.4 Å². The number of aliphatic hydroxyl groups is 1. The van der Waals surface area contributed by atoms with E-state index in [0.29, 0.717) is 42.2 Å². The van der Waals surface area contributed by atoms with E-state index in [9.17, 15) is 23.1 Å². The van der Waals surface area contributed by atoms with Crippen LogP contribution < -0.4 is 0 Å². The molecule has 39 heavy (non-hydrogen) atoms. The number of thiophene rings is 3. The van der Waals surface area contributed by atoms with Gasteiger partial charge in [-0.1, -0.05) is 6.08 Å². The van der Waals surface area contributed by atoms with Gasteiger partial charge in [0.15, 0.2) is 0 Å². The lowest BCUT2D eigenvalue weighted by molar-refractivity contribution is -0.156. The zero-order chi connectivity index (χ0) is 27.3. The summed E-state index contributed by atoms with van der Waals surface area (Å²) in [6.45, 7) is 0. The van der Waals surface area contributed by atoms with Gasteiger partial charge in [0.05, 0.1) is 18.0 Å². The fourth-order valence-electron chi connectivity index (χ4n) is 4.67. The number of carbonyl (C=O) groups is 1. The molecule has 198 valence electrons. The lowest BCUT2D eigenvalue weighted by Gasteiger charge is -2.23. The quantitative estimate of drug-likeness (QED) is 0.167. The van der Waals surface area contributed by atoms with Crippen molar-refractivity contribution < 1.29 is 32.2 Å². The van der Waals surface area contributed by atoms with Crippen molar-refractivity contribution in [1.29, 1.82) is 0 Å². The van der Waals surface area contributed by atoms with Crippen molar-refractivity contribution in [2.24, 2.45) is 0 Å². The number of fused-ring (bicyclic) bond motifs is 1. The summed E-state index contributed by atoms with van der Waals surface area (Å²) in [5.74, 6) is -2.67. The van der Waals surface area contributed by atoms with Gasteiger partial charge in [-0.05, 0) is 30.3 Å². The number of ether oxygens (including phenoxy) is 1. The Balaban J connectivity index is 1.61. The molecule has 0 bridgehead atoms. The summed E-state index contributed by atoms with van der Waals surface area (Å²) in [6, 6.07) is 5.09. The molecule has 6 rings (SSSR count). The number of carbonyl (C=O) groups excluding carboxylic acids is 1. The number of aromatic nitrogens is 1. The molecule has 4 aromatic heterocycles. The zero-order valence-corrected chi connectivity index (χ0v) is 22.2. The highest BCUT2D eigenvalue weighted by atomic mass is 32.1. The average molecular weight is 588 g/mol. The Morgan fingerprint density at radius 1 is 0.872 bits per heavy atom. The molecule has 0 aliphatic carbocycles. The molecular weight excluding hydrogens is 571 g/mol. The van der Waals surface area contributed by atoms with Crippen LogP contribution in [0.25, 0.3) is 48.3 Å². The number of aliphatic hydroxyl groups excluding tert-OH is 1. The van der Waals surface area contributed by atoms with Crippen LogP contribution in [0.3, 0.4) is 0 Å². The summed E-state index contributed by atoms with van der Waals surface area (Å²) in [7, 11) is 0. The van der Waals surface area contributed by atoms with E-state index in [-0.39, 0.29) is 18.4 Å². The Labute approximate surface area is 231 Å². The van der Waals surface area contributed by atoms with E-state index in [1.165, 1.54) is 46.6 Å². The summed E-state index contributed by atoms with van der Waals surface area (Å²) in [5, 5.41) is 14.2. The maximum Gasteiger partial charge on any atom is 0.309 e. The fourth-order valence-corrected chi connectivity index (χ4v) is 7.12. The third-order valence-electron chi connectivity index (χ3n) is 6.26. The Hall–Kier alpha value is -3.38. The van der Waals surface area contributed by atoms with Gasteiger partial charge in [-0.2, -0.15) is 0 Å². The first-order valence-corrected chi connectivity index (χ1v) is 14.3. The second-order valence-corrected chi connectivity index (χ2v) is 11.7. The van der Waals surface area contributed by atoms with Gasteiger partial charge in [0, 0.05) is 71.0 Å². The van der Waals surface area contributed by atoms with Crippen LogP contribution in [0.2, 0.25) is 0 Å². The first-order chi connectivity index (χ1) is 18.8. The zero-order valence-electron chi connectivity index (χ0n) is 19.8. The van der Waals surface area contributed by atoms with Gasteiger partial charge >= 0.3 is 5.97 Å². The number of nitrogens with zero attached hydrogens (tertiary/aromatic N) is 1. The van der Waals surface area contributed by atoms with Gasteiger partial charge in [-0.15, -0.1) is 34.0 Å². The monoisotopic (exact) mass is 587 g/mol. The van der Waals surface area contributed by atoms with Gasteiger partial charge in [0.2, 0.25) is 0 Å². The molecule has 0 unspecified atom stereocenters. The molecule has 1 N–H and O–H groups in total. The predicted molar refractivity (Wildman–Crippen MR) is 146 cm³/mol. The largest absolute Gasteiger partial charge is 0.458 e. The minimum absolute atomic E-state index is 0.0799. The highest BCUT2D eigenvalue weighted by molar-refractivity contribution is 7.15. The van der Waals surface area contributed by atoms with Gasteiger partial charge in [0.25, 0.3) is 0 Å². The smallest absolute Gasteiger partial charge is 0.309 e. The van der Waals surface area contributed by atoms with Crippen molar-refractivity contribution in [3.8, 4) is 31.3 Å². The molecule has 1 aromatic carbocycles. The maximum atomic E-state index is 16.0. The lowest BCUT2D eigenvalue weighted by atomic mass is 9.94. The second kappa shape index (κ2) is 10.3. The first kappa shape index (κ1) is 25.9. The molecule has 0 radical (unpaired) electrons. The van der Waals surface area contributed by atoms with Crippen LogP contribution in [0.5, 0.6) is 0 Å². The van der Waals surface area contributed by atoms with Crippen molar-refractivity contribution >= 4 is 57.0 Å². The minimum atomic E-state index is -0.829. The van der Waals surface area contributed by atoms with Crippen molar-refractivity contribution in [2.75, 3.05) is 0 Å². The van der Waals surface area contributed by atoms with E-state index >= 15 is 4.39 Å². The topological polar surface area (TPSA) is 59.4 Å². The van der Waals surface area contributed by atoms with Crippen LogP contribution in [-0.4, -0.2) is 28.3 Å². The number of halogens is 4. The number of hydrogen-bond donors (Lipinski definition) is 1. The van der Waals surface area contributed by atoms with Crippen molar-refractivity contribution in [1.82, 2.24) is 4.98 Å². The maximum absolute atomic E-state index is 16.0. The van der Waals surface area contributed by atoms with Gasteiger partial charge < -0.3 is 9.84 Å². The molecule has 1 aliphatic rings. The molecule has 11 heteroatoms. The summed E-state index contributed by atoms with van der Waals surface area (Å²) < 4.78 is 63.5. The molecule has 0 spiro atoms. The van der Waals surface area contributed by atoms with E-state index < -0.39 is 41.4 Å². The van der Waals surface area contributed by atoms with Crippen molar-refractivity contribution in [3.05, 3.63) is 81.5 Å². The Morgan fingerprint density at radius 2 is 1.46 bits per heavy atom. The van der Waals surface area contributed by atoms with Crippen LogP contribution in [0, 0.1) is 23.3 Å². The molecule has 1 aliphatic heterocycles. The second-order valence-electron chi connectivity index (χ2n) is 8.96. The molecule has 1 saturated heterocycles. The SMILES string of the molecule is O=C1C[C@H](O)C[C@@H](C=Cc2cnc3c(-c4cc(F)cs4)c(-c4cc(F)cs4)c(F)cc3c2-c2cc(F)cs2)O1. The summed E-state index contributed by atoms with van der Waals surface area (Å²) in [5.41, 5.74) is 1.72. The average Bonchev–Trinajstić information content (AvgIpc) is 3.62.